The largest absolute Gasteiger partial charge is 0.468 e. The summed E-state index contributed by atoms with van der Waals surface area (Å²) in [4.78, 5) is 28.0. The van der Waals surface area contributed by atoms with Crippen molar-refractivity contribution in [1.29, 1.82) is 0 Å². The third-order valence-electron chi connectivity index (χ3n) is 7.50. The number of carbonyl (C=O) groups is 2. The van der Waals surface area contributed by atoms with Gasteiger partial charge in [0.25, 0.3) is 0 Å². The number of methoxy groups -OCH3 is 1. The Labute approximate surface area is 183 Å². The average Bonchev–Trinajstić information content (AvgIpc) is 3.38. The van der Waals surface area contributed by atoms with Crippen LogP contribution < -0.4 is 0 Å². The van der Waals surface area contributed by atoms with E-state index in [4.69, 9.17) is 4.74 Å². The van der Waals surface area contributed by atoms with E-state index in [0.29, 0.717) is 0 Å². The van der Waals surface area contributed by atoms with Gasteiger partial charge in [0.15, 0.2) is 11.2 Å². The van der Waals surface area contributed by atoms with Crippen LogP contribution in [0.15, 0.2) is 84.0 Å². The fraction of sp³-hybridized carbons (Fsp3) is 0.286. The molecule has 0 N–H and O–H groups in total. The minimum Gasteiger partial charge on any atom is -0.468 e. The minimum atomic E-state index is -1.34. The lowest BCUT2D eigenvalue weighted by Gasteiger charge is -2.39. The number of esters is 1. The molecular weight excluding hydrogens is 384 g/mol. The third-order valence-corrected chi connectivity index (χ3v) is 7.50. The number of allylic oxidation sites excluding steroid dienone is 5. The van der Waals surface area contributed by atoms with Gasteiger partial charge in [0.2, 0.25) is 0 Å². The molecule has 0 amide bonds. The summed E-state index contributed by atoms with van der Waals surface area (Å²) >= 11 is 0. The third kappa shape index (κ3) is 2.24. The number of rotatable bonds is 3. The number of ether oxygens (including phenoxy) is 1. The number of Topliss-reactive ketones (excluding diaryl/α,β-unsaturated/α-hetero) is 1. The summed E-state index contributed by atoms with van der Waals surface area (Å²) < 4.78 is 5.37. The first-order chi connectivity index (χ1) is 14.9. The Bertz CT molecular complexity index is 1180. The molecule has 0 heterocycles. The van der Waals surface area contributed by atoms with Gasteiger partial charge in [-0.3, -0.25) is 9.59 Å². The number of benzene rings is 2. The van der Waals surface area contributed by atoms with E-state index in [1.807, 2.05) is 67.6 Å². The molecule has 3 aliphatic rings. The number of carbonyl (C=O) groups excluding carboxylic acids is 2. The maximum atomic E-state index is 14.4. The van der Waals surface area contributed by atoms with Crippen LogP contribution in [0.2, 0.25) is 0 Å². The fourth-order valence-electron chi connectivity index (χ4n) is 6.38. The molecule has 2 bridgehead atoms. The zero-order valence-electron chi connectivity index (χ0n) is 18.3. The Kier molecular flexibility index (Phi) is 4.23. The molecule has 2 aromatic rings. The number of fused-ring (bicyclic) bond motifs is 5. The average molecular weight is 411 g/mol. The Morgan fingerprint density at radius 3 is 1.97 bits per heavy atom. The molecule has 0 saturated heterocycles. The van der Waals surface area contributed by atoms with E-state index in [2.05, 4.69) is 26.0 Å². The Morgan fingerprint density at radius 1 is 0.903 bits per heavy atom. The normalized spacial score (nSPS) is 30.7. The highest BCUT2D eigenvalue weighted by molar-refractivity contribution is 6.32. The first-order valence-electron chi connectivity index (χ1n) is 10.7. The Morgan fingerprint density at radius 2 is 1.45 bits per heavy atom. The summed E-state index contributed by atoms with van der Waals surface area (Å²) in [7, 11) is 1.39. The van der Waals surface area contributed by atoms with E-state index in [-0.39, 0.29) is 17.6 Å². The van der Waals surface area contributed by atoms with Crippen molar-refractivity contribution in [2.45, 2.75) is 20.8 Å². The van der Waals surface area contributed by atoms with Crippen molar-refractivity contribution in [2.75, 3.05) is 7.11 Å². The summed E-state index contributed by atoms with van der Waals surface area (Å²) in [6.07, 6.45) is 4.18. The van der Waals surface area contributed by atoms with Crippen molar-refractivity contribution in [3.8, 4) is 0 Å². The van der Waals surface area contributed by atoms with E-state index in [1.54, 1.807) is 0 Å². The van der Waals surface area contributed by atoms with Gasteiger partial charge in [0, 0.05) is 11.8 Å². The second-order valence-electron chi connectivity index (χ2n) is 9.13. The molecule has 0 radical (unpaired) electrons. The van der Waals surface area contributed by atoms with Gasteiger partial charge in [-0.05, 0) is 48.6 Å². The maximum absolute atomic E-state index is 14.4. The van der Waals surface area contributed by atoms with Crippen molar-refractivity contribution >= 4 is 22.9 Å². The van der Waals surface area contributed by atoms with E-state index in [0.717, 1.165) is 27.8 Å². The predicted molar refractivity (Wildman–Crippen MR) is 122 cm³/mol. The van der Waals surface area contributed by atoms with Gasteiger partial charge < -0.3 is 4.74 Å². The molecule has 3 heteroatoms. The maximum Gasteiger partial charge on any atom is 0.324 e. The van der Waals surface area contributed by atoms with Crippen LogP contribution in [0.3, 0.4) is 0 Å². The van der Waals surface area contributed by atoms with Crippen LogP contribution in [0.1, 0.15) is 31.9 Å². The van der Waals surface area contributed by atoms with Crippen LogP contribution in [-0.4, -0.2) is 18.9 Å². The molecule has 156 valence electrons. The van der Waals surface area contributed by atoms with Gasteiger partial charge in [0.1, 0.15) is 0 Å². The molecule has 2 aromatic carbocycles. The van der Waals surface area contributed by atoms with Crippen LogP contribution >= 0.6 is 0 Å². The summed E-state index contributed by atoms with van der Waals surface area (Å²) in [6.45, 7) is 6.19. The van der Waals surface area contributed by atoms with Gasteiger partial charge in [-0.1, -0.05) is 78.4 Å². The highest BCUT2D eigenvalue weighted by Crippen LogP contribution is 2.75. The smallest absolute Gasteiger partial charge is 0.324 e. The van der Waals surface area contributed by atoms with Gasteiger partial charge in [-0.25, -0.2) is 0 Å². The molecule has 31 heavy (non-hydrogen) atoms. The zero-order chi connectivity index (χ0) is 22.0. The summed E-state index contributed by atoms with van der Waals surface area (Å²) in [6, 6.07) is 19.9. The van der Waals surface area contributed by atoms with Gasteiger partial charge in [0.05, 0.1) is 12.5 Å². The summed E-state index contributed by atoms with van der Waals surface area (Å²) in [5, 5.41) is 0. The second kappa shape index (κ2) is 6.65. The fourth-order valence-corrected chi connectivity index (χ4v) is 6.38. The van der Waals surface area contributed by atoms with Crippen molar-refractivity contribution in [2.24, 2.45) is 22.7 Å². The van der Waals surface area contributed by atoms with E-state index < -0.39 is 16.8 Å². The lowest BCUT2D eigenvalue weighted by Crippen LogP contribution is -2.41. The lowest BCUT2D eigenvalue weighted by atomic mass is 9.61. The molecule has 0 aliphatic heterocycles. The quantitative estimate of drug-likeness (QED) is 0.496. The molecule has 0 spiro atoms. The molecule has 5 rings (SSSR count). The minimum absolute atomic E-state index is 0.0392. The predicted octanol–water partition coefficient (Wildman–Crippen LogP) is 5.50. The van der Waals surface area contributed by atoms with Gasteiger partial charge in [-0.2, -0.15) is 0 Å². The van der Waals surface area contributed by atoms with Crippen LogP contribution in [-0.2, 0) is 14.3 Å². The molecule has 0 unspecified atom stereocenters. The van der Waals surface area contributed by atoms with Crippen molar-refractivity contribution < 1.29 is 14.3 Å². The first-order valence-corrected chi connectivity index (χ1v) is 10.7. The molecule has 0 aromatic heterocycles. The molecule has 1 fully saturated rings. The van der Waals surface area contributed by atoms with Crippen LogP contribution in [0.5, 0.6) is 0 Å². The van der Waals surface area contributed by atoms with E-state index >= 15 is 0 Å². The SMILES string of the molecule is COC(=O)[C@@]12C(=O)[C@@](C)(C(c3ccccc3)=C1c1ccccc1)[C@H]1C(=C(C)C)C=C[C@H]12. The summed E-state index contributed by atoms with van der Waals surface area (Å²) in [5.41, 5.74) is 3.84. The zero-order valence-corrected chi connectivity index (χ0v) is 18.3. The second-order valence-corrected chi connectivity index (χ2v) is 9.13. The van der Waals surface area contributed by atoms with Crippen molar-refractivity contribution in [3.63, 3.8) is 0 Å². The lowest BCUT2D eigenvalue weighted by molar-refractivity contribution is -0.154. The van der Waals surface area contributed by atoms with E-state index in [9.17, 15) is 9.59 Å². The highest BCUT2D eigenvalue weighted by Gasteiger charge is 2.78. The van der Waals surface area contributed by atoms with Crippen LogP contribution in [0.4, 0.5) is 0 Å². The Balaban J connectivity index is 1.95. The van der Waals surface area contributed by atoms with Crippen LogP contribution in [0.25, 0.3) is 11.1 Å². The highest BCUT2D eigenvalue weighted by atomic mass is 16.5. The van der Waals surface area contributed by atoms with Gasteiger partial charge in [-0.15, -0.1) is 0 Å². The van der Waals surface area contributed by atoms with Crippen molar-refractivity contribution in [1.82, 2.24) is 0 Å². The first kappa shape index (κ1) is 19.7. The Hall–Kier alpha value is -3.20. The van der Waals surface area contributed by atoms with Crippen molar-refractivity contribution in [3.05, 3.63) is 95.1 Å². The molecule has 3 nitrogen and oxygen atoms in total. The molecular formula is C28H26O3. The molecule has 4 atom stereocenters. The number of hydrogen-bond donors (Lipinski definition) is 0. The summed E-state index contributed by atoms with van der Waals surface area (Å²) in [5.74, 6) is -0.819. The monoisotopic (exact) mass is 410 g/mol. The van der Waals surface area contributed by atoms with Gasteiger partial charge >= 0.3 is 5.97 Å². The standard InChI is InChI=1S/C28H26O3/c1-17(2)20-15-16-21-24(20)27(3)22(18-11-7-5-8-12-18)23(19-13-9-6-10-14-19)28(21,25(27)29)26(30)31-4/h5-16,21,24H,1-4H3/t21-,24+,27+,28-/m1/s1. The van der Waals surface area contributed by atoms with E-state index in [1.165, 1.54) is 12.7 Å². The molecule has 3 aliphatic carbocycles. The van der Waals surface area contributed by atoms with Crippen LogP contribution in [0, 0.1) is 22.7 Å². The number of ketones is 1. The molecule has 1 saturated carbocycles. The number of hydrogen-bond acceptors (Lipinski definition) is 3. The topological polar surface area (TPSA) is 43.4 Å².